The van der Waals surface area contributed by atoms with Gasteiger partial charge in [-0.15, -0.1) is 0 Å². The fourth-order valence-electron chi connectivity index (χ4n) is 2.92. The van der Waals surface area contributed by atoms with Crippen molar-refractivity contribution in [2.45, 2.75) is 39.5 Å². The van der Waals surface area contributed by atoms with Gasteiger partial charge >= 0.3 is 0 Å². The molecule has 2 unspecified atom stereocenters. The minimum Gasteiger partial charge on any atom is -0.317 e. The van der Waals surface area contributed by atoms with Crippen LogP contribution >= 0.6 is 0 Å². The zero-order valence-corrected chi connectivity index (χ0v) is 11.0. The molecule has 1 aromatic carbocycles. The lowest BCUT2D eigenvalue weighted by Crippen LogP contribution is -2.34. The van der Waals surface area contributed by atoms with Crippen LogP contribution in [0.15, 0.2) is 12.1 Å². The van der Waals surface area contributed by atoms with Crippen molar-refractivity contribution in [1.82, 2.24) is 5.32 Å². The summed E-state index contributed by atoms with van der Waals surface area (Å²) in [6.45, 7) is 8.13. The molecule has 0 aromatic heterocycles. The first-order valence-electron chi connectivity index (χ1n) is 6.60. The van der Waals surface area contributed by atoms with Crippen LogP contribution in [0.1, 0.15) is 42.4 Å². The summed E-state index contributed by atoms with van der Waals surface area (Å²) >= 11 is 0. The van der Waals surface area contributed by atoms with E-state index in [0.29, 0.717) is 11.8 Å². The molecule has 0 bridgehead atoms. The summed E-state index contributed by atoms with van der Waals surface area (Å²) in [7, 11) is 0. The van der Waals surface area contributed by atoms with Crippen molar-refractivity contribution in [3.8, 4) is 0 Å². The van der Waals surface area contributed by atoms with E-state index in [9.17, 15) is 4.39 Å². The van der Waals surface area contributed by atoms with Gasteiger partial charge in [-0.05, 0) is 74.4 Å². The Balaban J connectivity index is 2.17. The van der Waals surface area contributed by atoms with Crippen LogP contribution < -0.4 is 5.32 Å². The van der Waals surface area contributed by atoms with Gasteiger partial charge in [-0.3, -0.25) is 0 Å². The maximum absolute atomic E-state index is 14.1. The summed E-state index contributed by atoms with van der Waals surface area (Å²) < 4.78 is 14.1. The van der Waals surface area contributed by atoms with E-state index in [1.54, 1.807) is 6.07 Å². The van der Waals surface area contributed by atoms with Crippen LogP contribution in [0.5, 0.6) is 0 Å². The molecule has 0 heterocycles. The zero-order chi connectivity index (χ0) is 12.4. The molecule has 1 aromatic rings. The monoisotopic (exact) mass is 235 g/mol. The van der Waals surface area contributed by atoms with Crippen molar-refractivity contribution in [3.63, 3.8) is 0 Å². The molecule has 0 radical (unpaired) electrons. The van der Waals surface area contributed by atoms with Gasteiger partial charge < -0.3 is 5.32 Å². The van der Waals surface area contributed by atoms with Gasteiger partial charge in [0.25, 0.3) is 0 Å². The normalized spacial score (nSPS) is 23.5. The number of benzene rings is 1. The van der Waals surface area contributed by atoms with Crippen LogP contribution in [0.25, 0.3) is 0 Å². The third-order valence-corrected chi connectivity index (χ3v) is 3.93. The van der Waals surface area contributed by atoms with E-state index >= 15 is 0 Å². The molecule has 17 heavy (non-hydrogen) atoms. The number of hydrogen-bond donors (Lipinski definition) is 1. The first-order chi connectivity index (χ1) is 8.13. The fourth-order valence-corrected chi connectivity index (χ4v) is 2.92. The standard InChI is InChI=1S/C15H22FN/c1-4-17-9-12-5-6-13(12)15-11(3)7-10(2)8-14(15)16/h7-8,12-13,17H,4-6,9H2,1-3H3. The first kappa shape index (κ1) is 12.6. The average Bonchev–Trinajstić information content (AvgIpc) is 2.22. The van der Waals surface area contributed by atoms with Gasteiger partial charge in [0.15, 0.2) is 0 Å². The van der Waals surface area contributed by atoms with Gasteiger partial charge in [0.05, 0.1) is 0 Å². The van der Waals surface area contributed by atoms with Gasteiger partial charge in [0, 0.05) is 0 Å². The van der Waals surface area contributed by atoms with E-state index < -0.39 is 0 Å². The molecular formula is C15H22FN. The highest BCUT2D eigenvalue weighted by Crippen LogP contribution is 2.44. The predicted octanol–water partition coefficient (Wildman–Crippen LogP) is 3.55. The minimum absolute atomic E-state index is 0.00583. The lowest BCUT2D eigenvalue weighted by molar-refractivity contribution is 0.241. The van der Waals surface area contributed by atoms with Gasteiger partial charge in [-0.25, -0.2) is 4.39 Å². The van der Waals surface area contributed by atoms with Crippen molar-refractivity contribution in [3.05, 3.63) is 34.6 Å². The maximum Gasteiger partial charge on any atom is 0.127 e. The Hall–Kier alpha value is -0.890. The number of aryl methyl sites for hydroxylation is 2. The topological polar surface area (TPSA) is 12.0 Å². The van der Waals surface area contributed by atoms with Gasteiger partial charge in [0.1, 0.15) is 5.82 Å². The summed E-state index contributed by atoms with van der Waals surface area (Å²) in [5, 5.41) is 3.38. The van der Waals surface area contributed by atoms with E-state index in [0.717, 1.165) is 36.2 Å². The molecule has 0 spiro atoms. The van der Waals surface area contributed by atoms with Crippen LogP contribution in [0.4, 0.5) is 4.39 Å². The van der Waals surface area contributed by atoms with Crippen LogP contribution in [0.3, 0.4) is 0 Å². The number of rotatable bonds is 4. The molecule has 1 aliphatic rings. The molecule has 0 aliphatic heterocycles. The molecule has 0 amide bonds. The molecular weight excluding hydrogens is 213 g/mol. The Kier molecular flexibility index (Phi) is 3.82. The number of hydrogen-bond acceptors (Lipinski definition) is 1. The summed E-state index contributed by atoms with van der Waals surface area (Å²) in [5.41, 5.74) is 3.10. The smallest absolute Gasteiger partial charge is 0.127 e. The Morgan fingerprint density at radius 3 is 2.59 bits per heavy atom. The van der Waals surface area contributed by atoms with Crippen molar-refractivity contribution >= 4 is 0 Å². The van der Waals surface area contributed by atoms with E-state index in [1.165, 1.54) is 6.42 Å². The van der Waals surface area contributed by atoms with E-state index in [-0.39, 0.29) is 5.82 Å². The molecule has 2 atom stereocenters. The van der Waals surface area contributed by atoms with Gasteiger partial charge in [0.2, 0.25) is 0 Å². The third-order valence-electron chi connectivity index (χ3n) is 3.93. The van der Waals surface area contributed by atoms with Crippen LogP contribution in [0, 0.1) is 25.6 Å². The third kappa shape index (κ3) is 2.52. The molecule has 1 N–H and O–H groups in total. The largest absolute Gasteiger partial charge is 0.317 e. The first-order valence-corrected chi connectivity index (χ1v) is 6.60. The molecule has 1 fully saturated rings. The Labute approximate surface area is 103 Å². The average molecular weight is 235 g/mol. The van der Waals surface area contributed by atoms with Gasteiger partial charge in [-0.1, -0.05) is 13.0 Å². The lowest BCUT2D eigenvalue weighted by atomic mass is 9.68. The summed E-state index contributed by atoms with van der Waals surface area (Å²) in [6.07, 6.45) is 2.36. The summed E-state index contributed by atoms with van der Waals surface area (Å²) in [4.78, 5) is 0. The summed E-state index contributed by atoms with van der Waals surface area (Å²) in [5.74, 6) is 1.04. The fraction of sp³-hybridized carbons (Fsp3) is 0.600. The van der Waals surface area contributed by atoms with Crippen molar-refractivity contribution < 1.29 is 4.39 Å². The molecule has 1 saturated carbocycles. The SMILES string of the molecule is CCNCC1CCC1c1c(C)cc(C)cc1F. The van der Waals surface area contributed by atoms with Crippen LogP contribution in [0.2, 0.25) is 0 Å². The van der Waals surface area contributed by atoms with Crippen molar-refractivity contribution in [2.24, 2.45) is 5.92 Å². The number of nitrogens with one attached hydrogen (secondary N) is 1. The van der Waals surface area contributed by atoms with Crippen molar-refractivity contribution in [2.75, 3.05) is 13.1 Å². The second-order valence-corrected chi connectivity index (χ2v) is 5.23. The highest BCUT2D eigenvalue weighted by molar-refractivity contribution is 5.36. The molecule has 2 heteroatoms. The molecule has 94 valence electrons. The van der Waals surface area contributed by atoms with Gasteiger partial charge in [-0.2, -0.15) is 0 Å². The molecule has 1 aliphatic carbocycles. The molecule has 1 nitrogen and oxygen atoms in total. The van der Waals surface area contributed by atoms with Crippen LogP contribution in [-0.4, -0.2) is 13.1 Å². The highest BCUT2D eigenvalue weighted by atomic mass is 19.1. The highest BCUT2D eigenvalue weighted by Gasteiger charge is 2.34. The Morgan fingerprint density at radius 1 is 1.29 bits per heavy atom. The number of halogens is 1. The van der Waals surface area contributed by atoms with E-state index in [2.05, 4.69) is 18.3 Å². The lowest BCUT2D eigenvalue weighted by Gasteiger charge is -2.38. The zero-order valence-electron chi connectivity index (χ0n) is 11.0. The minimum atomic E-state index is -0.00583. The second kappa shape index (κ2) is 5.18. The maximum atomic E-state index is 14.1. The Morgan fingerprint density at radius 2 is 2.06 bits per heavy atom. The van der Waals surface area contributed by atoms with Crippen LogP contribution in [-0.2, 0) is 0 Å². The summed E-state index contributed by atoms with van der Waals surface area (Å²) in [6, 6.07) is 3.77. The van der Waals surface area contributed by atoms with E-state index in [1.807, 2.05) is 13.8 Å². The Bertz CT molecular complexity index is 377. The molecule has 2 rings (SSSR count). The van der Waals surface area contributed by atoms with Crippen molar-refractivity contribution in [1.29, 1.82) is 0 Å². The van der Waals surface area contributed by atoms with E-state index in [4.69, 9.17) is 0 Å². The quantitative estimate of drug-likeness (QED) is 0.841. The molecule has 0 saturated heterocycles. The predicted molar refractivity (Wildman–Crippen MR) is 69.9 cm³/mol. The second-order valence-electron chi connectivity index (χ2n) is 5.23.